The van der Waals surface area contributed by atoms with Gasteiger partial charge < -0.3 is 79.1 Å². The van der Waals surface area contributed by atoms with Crippen LogP contribution in [0.25, 0.3) is 5.95 Å². The van der Waals surface area contributed by atoms with E-state index in [9.17, 15) is 62.7 Å². The van der Waals surface area contributed by atoms with E-state index in [1.807, 2.05) is 38.5 Å². The Labute approximate surface area is 734 Å². The van der Waals surface area contributed by atoms with Crippen molar-refractivity contribution in [1.82, 2.24) is 79.4 Å². The van der Waals surface area contributed by atoms with E-state index in [1.54, 1.807) is 73.3 Å². The number of nitrogens with zero attached hydrogens (tertiary/aromatic N) is 15. The first-order valence-electron chi connectivity index (χ1n) is 41.0. The van der Waals surface area contributed by atoms with Crippen molar-refractivity contribution in [3.63, 3.8) is 0 Å². The van der Waals surface area contributed by atoms with Crippen LogP contribution in [-0.4, -0.2) is 289 Å². The minimum Gasteiger partial charge on any atom is -0.474 e. The molecule has 694 valence electrons. The predicted octanol–water partition coefficient (Wildman–Crippen LogP) is 14.6. The number of hydrogen-bond acceptors (Lipinski definition) is 30. The number of rotatable bonds is 22. The van der Waals surface area contributed by atoms with E-state index in [4.69, 9.17) is 40.4 Å². The maximum Gasteiger partial charge on any atom is 0.409 e. The Morgan fingerprint density at radius 1 is 0.488 bits per heavy atom. The van der Waals surface area contributed by atoms with Crippen molar-refractivity contribution >= 4 is 92.6 Å². The zero-order valence-corrected chi connectivity index (χ0v) is 75.3. The summed E-state index contributed by atoms with van der Waals surface area (Å²) in [4.78, 5) is 85.8. The largest absolute Gasteiger partial charge is 0.474 e. The number of aromatic amines is 1. The summed E-state index contributed by atoms with van der Waals surface area (Å²) in [5.74, 6) is -7.15. The first kappa shape index (κ1) is 99.5. The van der Waals surface area contributed by atoms with Crippen LogP contribution in [0.15, 0.2) is 64.3 Å². The van der Waals surface area contributed by atoms with E-state index in [1.165, 1.54) is 67.8 Å². The highest BCUT2D eigenvalue weighted by Gasteiger charge is 2.43. The number of aromatic nitrogens is 12. The normalized spacial score (nSPS) is 22.8. The molecule has 0 aliphatic heterocycles. The van der Waals surface area contributed by atoms with Gasteiger partial charge in [0.05, 0.1) is 40.2 Å². The van der Waals surface area contributed by atoms with Gasteiger partial charge >= 0.3 is 24.4 Å². The minimum atomic E-state index is -3.70. The number of ether oxygens (including phenoxy) is 7. The lowest BCUT2D eigenvalue weighted by atomic mass is 9.88. The first-order chi connectivity index (χ1) is 59.0. The van der Waals surface area contributed by atoms with E-state index >= 15 is 0 Å². The van der Waals surface area contributed by atoms with Gasteiger partial charge in [0, 0.05) is 215 Å². The fourth-order valence-corrected chi connectivity index (χ4v) is 15.9. The molecule has 0 saturated heterocycles. The van der Waals surface area contributed by atoms with Gasteiger partial charge in [-0.1, -0.05) is 35.1 Å². The highest BCUT2D eigenvalue weighted by Crippen LogP contribution is 2.41. The van der Waals surface area contributed by atoms with E-state index < -0.39 is 44.8 Å². The molecule has 0 bridgehead atoms. The Bertz CT molecular complexity index is 4570. The lowest BCUT2D eigenvalue weighted by Gasteiger charge is -2.39. The molecule has 14 rings (SSSR count). The van der Waals surface area contributed by atoms with Crippen LogP contribution in [0.2, 0.25) is 5.15 Å². The third-order valence-corrected chi connectivity index (χ3v) is 24.6. The molecule has 4 amide bonds. The van der Waals surface area contributed by atoms with Gasteiger partial charge in [-0.3, -0.25) is 5.10 Å². The lowest BCUT2D eigenvalue weighted by molar-refractivity contribution is -0.0366. The number of amides is 4. The Morgan fingerprint density at radius 2 is 0.816 bits per heavy atom. The van der Waals surface area contributed by atoms with Crippen molar-refractivity contribution in [3.05, 3.63) is 65.3 Å². The standard InChI is InChI=1S/C21H28F2N6O3.C18H26F2N4O5S.C18H26F2N4O3S.C11H14ClF2N3S.C7H13NO3.C4H6N2/c1-13-6-9-29(27-13)19-25-17(24-14-4-7-21(22,23)8-5-14)12-18(26-19)32-16-10-15(11-16)28(2)20(30)31-3;1-24(17(25)28-2)12-8-13(9-12)29-15-10-14(22-16(23-15)30(3,26)27)21-11-4-6-18(19,20)7-5-11;1-24(17(25)26-2)12-8-13(9-12)27-15-10-14(22-16(23-15)28-3)21-11-4-6-18(19,20)7-5-11;1-18-10-16-8(12)6-9(17-10)15-7-2-4-11(13,14)5-3-7;1-8(7(10)11-2)5-3-6(9)4-5;1-4-2-3-5-6-4/h6,9,12,14-16H,4-5,7-8,10-11H2,1-3H3,(H,24,25,26);10-13H,4-9H2,1-3H3,(H,21,22,23);10-13H,4-9H2,1-3H3,(H,21,22,23);6-7H,2-5H2,1H3,(H,15,16,17);5-6,9H,3-4H2,1-2H3;2-3H,1H3,(H,5,6). The molecule has 6 N–H and O–H groups in total. The summed E-state index contributed by atoms with van der Waals surface area (Å²) in [6.07, 6.45) is 13.1. The number of sulfone groups is 1. The number of nitrogens with one attached hydrogen (secondary N) is 5. The van der Waals surface area contributed by atoms with E-state index in [0.29, 0.717) is 141 Å². The number of alkyl halides is 8. The summed E-state index contributed by atoms with van der Waals surface area (Å²) in [5, 5.41) is 33.5. The maximum absolute atomic E-state index is 13.5. The SMILES string of the molecule is COC(=O)N(C)C1CC(O)C1.COC(=O)N(C)C1CC(Oc2cc(NC3CCC(F)(F)CC3)nc(-n3ccc(C)n3)n2)C1.COC(=O)N(C)C1CC(Oc2cc(NC3CCC(F)(F)CC3)nc(S(C)(=O)=O)n2)C1.COC(=O)N(C)C1CC(Oc2cc(NC3CCC(F)(F)CC3)nc(SC)n2)C1.CSc1nc(Cl)cc(NC2CCC(F)(F)CC2)n1.Cc1ccn[nH]1. The smallest absolute Gasteiger partial charge is 0.409 e. The van der Waals surface area contributed by atoms with Crippen molar-refractivity contribution in [3.8, 4) is 23.6 Å². The lowest BCUT2D eigenvalue weighted by Crippen LogP contribution is -2.49. The molecule has 0 atom stereocenters. The Balaban J connectivity index is 0.000000179. The van der Waals surface area contributed by atoms with Gasteiger partial charge in [-0.15, -0.1) is 0 Å². The summed E-state index contributed by atoms with van der Waals surface area (Å²) in [6, 6.07) is 10.2. The van der Waals surface area contributed by atoms with E-state index in [-0.39, 0.29) is 167 Å². The fraction of sp³-hybridized carbons (Fsp3) is 0.671. The summed E-state index contributed by atoms with van der Waals surface area (Å²) < 4.78 is 168. The van der Waals surface area contributed by atoms with Gasteiger partial charge in [-0.25, -0.2) is 87.3 Å². The highest BCUT2D eigenvalue weighted by atomic mass is 35.5. The van der Waals surface area contributed by atoms with Gasteiger partial charge in [-0.2, -0.15) is 30.1 Å². The highest BCUT2D eigenvalue weighted by molar-refractivity contribution is 7.98. The molecule has 34 nitrogen and oxygen atoms in total. The predicted molar refractivity (Wildman–Crippen MR) is 450 cm³/mol. The zero-order valence-electron chi connectivity index (χ0n) is 72.1. The van der Waals surface area contributed by atoms with Crippen LogP contribution in [0.1, 0.15) is 165 Å². The Kier molecular flexibility index (Phi) is 35.8. The molecular weight excluding hydrogens is 1740 g/mol. The number of carbonyl (C=O) groups is 4. The molecule has 8 fully saturated rings. The average Bonchev–Trinajstić information content (AvgIpc) is 1.47. The molecule has 6 aromatic rings. The van der Waals surface area contributed by atoms with Crippen LogP contribution < -0.4 is 35.5 Å². The van der Waals surface area contributed by atoms with Gasteiger partial charge in [0.1, 0.15) is 46.7 Å². The molecule has 0 unspecified atom stereocenters. The van der Waals surface area contributed by atoms with Crippen molar-refractivity contribution in [2.24, 2.45) is 0 Å². The number of carbonyl (C=O) groups excluding carboxylic acids is 4. The number of aliphatic hydroxyl groups excluding tert-OH is 1. The van der Waals surface area contributed by atoms with Crippen LogP contribution >= 0.6 is 35.1 Å². The number of hydrogen-bond donors (Lipinski definition) is 6. The molecule has 8 saturated carbocycles. The molecule has 0 spiro atoms. The summed E-state index contributed by atoms with van der Waals surface area (Å²) in [6.45, 7) is 3.83. The van der Waals surface area contributed by atoms with Crippen molar-refractivity contribution in [2.45, 2.75) is 280 Å². The minimum absolute atomic E-state index is 0.0288. The molecule has 0 radical (unpaired) electrons. The summed E-state index contributed by atoms with van der Waals surface area (Å²) >= 11 is 8.65. The zero-order chi connectivity index (χ0) is 91.3. The molecule has 8 aliphatic rings. The van der Waals surface area contributed by atoms with Crippen molar-refractivity contribution in [1.29, 1.82) is 0 Å². The molecule has 6 heterocycles. The Morgan fingerprint density at radius 3 is 1.12 bits per heavy atom. The third kappa shape index (κ3) is 31.1. The maximum atomic E-state index is 13.5. The van der Waals surface area contributed by atoms with E-state index in [2.05, 4.69) is 85.9 Å². The first-order valence-corrected chi connectivity index (χ1v) is 45.7. The molecule has 0 aromatic carbocycles. The van der Waals surface area contributed by atoms with Crippen molar-refractivity contribution in [2.75, 3.05) is 96.7 Å². The number of H-pyrrole nitrogens is 1. The fourth-order valence-electron chi connectivity index (χ4n) is 14.4. The third-order valence-electron chi connectivity index (χ3n) is 22.5. The van der Waals surface area contributed by atoms with Gasteiger partial charge in [-0.05, 0) is 103 Å². The Hall–Kier alpha value is -9.24. The van der Waals surface area contributed by atoms with Crippen LogP contribution in [0.4, 0.5) is 77.6 Å². The molecule has 46 heteroatoms. The number of methoxy groups -OCH3 is 4. The molecule has 8 aliphatic carbocycles. The number of thioether (sulfide) groups is 2. The molecular formula is C79H113ClF8N20O14S3. The second kappa shape index (κ2) is 45.0. The van der Waals surface area contributed by atoms with Gasteiger partial charge in [0.15, 0.2) is 10.3 Å². The molecule has 125 heavy (non-hydrogen) atoms. The van der Waals surface area contributed by atoms with Gasteiger partial charge in [0.2, 0.25) is 51.2 Å². The van der Waals surface area contributed by atoms with Crippen molar-refractivity contribution < 1.29 is 101 Å². The molecule has 6 aromatic heterocycles. The summed E-state index contributed by atoms with van der Waals surface area (Å²) in [5.41, 5.74) is 1.92. The summed E-state index contributed by atoms with van der Waals surface area (Å²) in [7, 11) is 8.40. The number of anilines is 4. The van der Waals surface area contributed by atoms with Gasteiger partial charge in [0.25, 0.3) is 11.1 Å². The average molecular weight is 1850 g/mol. The van der Waals surface area contributed by atoms with Crippen LogP contribution in [-0.2, 0) is 28.8 Å². The second-order valence-electron chi connectivity index (χ2n) is 32.1. The van der Waals surface area contributed by atoms with Crippen LogP contribution in [0.5, 0.6) is 17.6 Å². The number of aryl methyl sites for hydroxylation is 2. The van der Waals surface area contributed by atoms with Crippen LogP contribution in [0, 0.1) is 13.8 Å². The van der Waals surface area contributed by atoms with E-state index in [0.717, 1.165) is 17.6 Å². The monoisotopic (exact) mass is 1850 g/mol. The number of halogens is 9. The topological polar surface area (TPSA) is 398 Å². The number of aliphatic hydroxyl groups is 1. The van der Waals surface area contributed by atoms with Crippen LogP contribution in [0.3, 0.4) is 0 Å². The second-order valence-corrected chi connectivity index (χ2v) is 36.0. The quantitative estimate of drug-likeness (QED) is 0.0121.